The molecule has 8 aliphatic heterocycles. The molecular formula is C82H154N12. The molecule has 12 heteroatoms. The summed E-state index contributed by atoms with van der Waals surface area (Å²) in [7, 11) is 0. The molecule has 12 nitrogen and oxygen atoms in total. The van der Waals surface area contributed by atoms with Crippen LogP contribution in [-0.2, 0) is 0 Å². The summed E-state index contributed by atoms with van der Waals surface area (Å²) in [4.78, 5) is 13.3. The molecule has 4 aliphatic carbocycles. The van der Waals surface area contributed by atoms with Crippen molar-refractivity contribution in [2.24, 2.45) is 115 Å². The van der Waals surface area contributed by atoms with Crippen molar-refractivity contribution in [1.82, 2.24) is 62.1 Å². The van der Waals surface area contributed by atoms with Gasteiger partial charge in [0.05, 0.1) is 49.3 Å². The lowest BCUT2D eigenvalue weighted by Crippen LogP contribution is -2.75. The van der Waals surface area contributed by atoms with Crippen molar-refractivity contribution < 1.29 is 0 Å². The Balaban J connectivity index is 1.02. The van der Waals surface area contributed by atoms with E-state index in [1.807, 2.05) is 0 Å². The summed E-state index contributed by atoms with van der Waals surface area (Å²) < 4.78 is 0. The lowest BCUT2D eigenvalue weighted by atomic mass is 9.44. The highest BCUT2D eigenvalue weighted by molar-refractivity contribution is 5.17. The molecule has 8 heterocycles. The van der Waals surface area contributed by atoms with E-state index in [0.717, 1.165) is 64.2 Å². The van der Waals surface area contributed by atoms with Gasteiger partial charge in [-0.25, -0.2) is 0 Å². The highest BCUT2D eigenvalue weighted by atomic mass is 15.4. The molecule has 0 aromatic rings. The molecule has 0 aromatic heterocycles. The maximum absolute atomic E-state index is 4.53. The summed E-state index contributed by atoms with van der Waals surface area (Å²) in [6.07, 6.45) is 32.4. The Kier molecular flexibility index (Phi) is 22.6. The van der Waals surface area contributed by atoms with Crippen LogP contribution >= 0.6 is 0 Å². The van der Waals surface area contributed by atoms with Crippen LogP contribution in [0, 0.1) is 115 Å². The normalized spacial score (nSPS) is 44.4. The molecular weight excluding hydrogens is 1150 g/mol. The van der Waals surface area contributed by atoms with E-state index in [1.165, 1.54) is 141 Å². The van der Waals surface area contributed by atoms with E-state index in [-0.39, 0.29) is 0 Å². The Morgan fingerprint density at radius 3 is 0.521 bits per heavy atom. The van der Waals surface area contributed by atoms with Gasteiger partial charge in [0.25, 0.3) is 0 Å². The van der Waals surface area contributed by atoms with E-state index in [4.69, 9.17) is 0 Å². The highest BCUT2D eigenvalue weighted by Gasteiger charge is 2.65. The Hall–Kier alpha value is -0.480. The third-order valence-corrected chi connectivity index (χ3v) is 30.4. The second-order valence-corrected chi connectivity index (χ2v) is 42.1. The van der Waals surface area contributed by atoms with Gasteiger partial charge in [-0.05, 0) is 309 Å². The average molecular weight is 1310 g/mol. The van der Waals surface area contributed by atoms with E-state index < -0.39 is 0 Å². The second kappa shape index (κ2) is 29.0. The molecule has 542 valence electrons. The van der Waals surface area contributed by atoms with E-state index in [9.17, 15) is 0 Å². The zero-order chi connectivity index (χ0) is 67.2. The summed E-state index contributed by atoms with van der Waals surface area (Å²) in [5.41, 5.74) is 1.84. The fourth-order valence-electron chi connectivity index (χ4n) is 23.9. The largest absolute Gasteiger partial charge is 0.301 e. The topological polar surface area (TPSA) is 109 Å². The molecule has 12 aliphatic rings. The lowest BCUT2D eigenvalue weighted by molar-refractivity contribution is -0.203. The van der Waals surface area contributed by atoms with Crippen molar-refractivity contribution in [2.75, 3.05) is 52.4 Å². The Bertz CT molecular complexity index is 2110. The number of piperidine rings is 8. The van der Waals surface area contributed by atoms with Crippen LogP contribution < -0.4 is 42.5 Å². The predicted molar refractivity (Wildman–Crippen MR) is 395 cm³/mol. The van der Waals surface area contributed by atoms with E-state index in [2.05, 4.69) is 201 Å². The van der Waals surface area contributed by atoms with Gasteiger partial charge >= 0.3 is 0 Å². The van der Waals surface area contributed by atoms with Gasteiger partial charge in [-0.2, -0.15) is 0 Å². The predicted octanol–water partition coefficient (Wildman–Crippen LogP) is 14.7. The molecule has 0 bridgehead atoms. The summed E-state index contributed by atoms with van der Waals surface area (Å²) in [6.45, 7) is 59.7. The molecule has 8 N–H and O–H groups in total. The van der Waals surface area contributed by atoms with Crippen molar-refractivity contribution in [3.05, 3.63) is 0 Å². The van der Waals surface area contributed by atoms with Crippen molar-refractivity contribution in [1.29, 1.82) is 0 Å². The number of hydrogen-bond acceptors (Lipinski definition) is 12. The van der Waals surface area contributed by atoms with Gasteiger partial charge in [-0.15, -0.1) is 0 Å². The van der Waals surface area contributed by atoms with Crippen molar-refractivity contribution >= 4 is 0 Å². The first kappa shape index (κ1) is 73.3. The first-order valence-electron chi connectivity index (χ1n) is 41.2. The average Bonchev–Trinajstić information content (AvgIpc) is 0.701. The van der Waals surface area contributed by atoms with Gasteiger partial charge in [0, 0.05) is 24.2 Å². The standard InChI is InChI=1S/C82H154N12/c1-51-21-33-67(83-43-51)91(69-35-23-53(45-85-69)77(3,4)5)63-41-65(93(71-37-25-55(47-87-71)79(9,10)11)72-38-26-56(48-88-72)80(12,13)14)61-32-30-60-64(92(68-34-22-52(2)44-84-68)70-36-24-54(46-86-70)78(6,7)8)42-66(62-31-29-59(63)75(61)76(60)62)94(73-39-27-57(49-89-73)81(15,16)17)74-40-28-58(50-90-74)82(18,19)20/h51-76,83-90H,21-50H2,1-20H3. The summed E-state index contributed by atoms with van der Waals surface area (Å²) in [5, 5.41) is 36.0. The SMILES string of the molecule is CC1CCC(N(C2CCC(C(C)(C)C)CN2)C2CC(N(C3CCC(C(C)(C)C)CN3)C3CCC(C(C)(C)C)CN3)C3CCC4C5C(CCC2C35)C(N(C2CCC(C(C)(C)C)CN2)C2CCC(C(C)(C)C)CN2)CC4N(C2CCC(C)CN2)C2CCC(C(C)(C)C)CN2)NC1. The minimum atomic E-state index is 0.306. The second-order valence-electron chi connectivity index (χ2n) is 42.1. The Morgan fingerprint density at radius 1 is 0.213 bits per heavy atom. The third-order valence-electron chi connectivity index (χ3n) is 30.4. The minimum absolute atomic E-state index is 0.306. The summed E-state index contributed by atoms with van der Waals surface area (Å²) in [5.74, 6) is 9.87. The van der Waals surface area contributed by atoms with E-state index in [0.29, 0.717) is 177 Å². The number of nitrogens with zero attached hydrogens (tertiary/aromatic N) is 4. The van der Waals surface area contributed by atoms with Gasteiger partial charge in [0.15, 0.2) is 0 Å². The smallest absolute Gasteiger partial charge is 0.0613 e. The minimum Gasteiger partial charge on any atom is -0.301 e. The molecule has 26 atom stereocenters. The van der Waals surface area contributed by atoms with Crippen molar-refractivity contribution in [2.45, 2.75) is 353 Å². The third kappa shape index (κ3) is 15.8. The molecule has 8 saturated heterocycles. The van der Waals surface area contributed by atoms with Crippen molar-refractivity contribution in [3.8, 4) is 0 Å². The zero-order valence-electron chi connectivity index (χ0n) is 65.0. The molecule has 12 fully saturated rings. The zero-order valence-corrected chi connectivity index (χ0v) is 65.0. The fraction of sp³-hybridized carbons (Fsp3) is 1.00. The molecule has 0 amide bonds. The van der Waals surface area contributed by atoms with Gasteiger partial charge in [-0.3, -0.25) is 19.6 Å². The van der Waals surface area contributed by atoms with Crippen molar-refractivity contribution in [3.63, 3.8) is 0 Å². The van der Waals surface area contributed by atoms with E-state index in [1.54, 1.807) is 0 Å². The maximum atomic E-state index is 4.53. The van der Waals surface area contributed by atoms with Gasteiger partial charge in [0.1, 0.15) is 0 Å². The van der Waals surface area contributed by atoms with Crippen LogP contribution in [0.5, 0.6) is 0 Å². The number of rotatable bonds is 12. The summed E-state index contributed by atoms with van der Waals surface area (Å²) >= 11 is 0. The maximum Gasteiger partial charge on any atom is 0.0613 e. The van der Waals surface area contributed by atoms with Crippen LogP contribution in [0.3, 0.4) is 0 Å². The van der Waals surface area contributed by atoms with Crippen LogP contribution in [-0.4, -0.2) is 145 Å². The first-order valence-corrected chi connectivity index (χ1v) is 41.2. The lowest BCUT2D eigenvalue weighted by Gasteiger charge is -2.69. The van der Waals surface area contributed by atoms with Crippen LogP contribution in [0.4, 0.5) is 0 Å². The van der Waals surface area contributed by atoms with Gasteiger partial charge in [-0.1, -0.05) is 138 Å². The molecule has 0 aromatic carbocycles. The molecule has 0 radical (unpaired) electrons. The number of nitrogens with one attached hydrogen (secondary N) is 8. The molecule has 26 unspecified atom stereocenters. The fourth-order valence-corrected chi connectivity index (χ4v) is 23.9. The molecule has 4 saturated carbocycles. The Labute approximate surface area is 580 Å². The number of hydrogen-bond donors (Lipinski definition) is 8. The molecule has 0 spiro atoms. The van der Waals surface area contributed by atoms with Gasteiger partial charge in [0.2, 0.25) is 0 Å². The first-order chi connectivity index (χ1) is 44.2. The van der Waals surface area contributed by atoms with Crippen LogP contribution in [0.1, 0.15) is 280 Å². The Morgan fingerprint density at radius 2 is 0.383 bits per heavy atom. The van der Waals surface area contributed by atoms with Crippen LogP contribution in [0.15, 0.2) is 0 Å². The molecule has 94 heavy (non-hydrogen) atoms. The quantitative estimate of drug-likeness (QED) is 0.0953. The van der Waals surface area contributed by atoms with E-state index >= 15 is 0 Å². The molecule has 12 rings (SSSR count). The summed E-state index contributed by atoms with van der Waals surface area (Å²) in [6, 6.07) is 2.12. The highest BCUT2D eigenvalue weighted by Crippen LogP contribution is 2.64. The van der Waals surface area contributed by atoms with Gasteiger partial charge < -0.3 is 42.5 Å². The van der Waals surface area contributed by atoms with Crippen LogP contribution in [0.25, 0.3) is 0 Å². The van der Waals surface area contributed by atoms with Crippen LogP contribution in [0.2, 0.25) is 0 Å². The monoisotopic (exact) mass is 1310 g/mol.